The molecule has 1 amide bonds. The number of nitrogens with zero attached hydrogens (tertiary/aromatic N) is 2. The molecule has 1 fully saturated rings. The third-order valence-corrected chi connectivity index (χ3v) is 4.25. The van der Waals surface area contributed by atoms with Crippen molar-refractivity contribution in [3.05, 3.63) is 16.6 Å². The number of amides is 1. The first-order valence-corrected chi connectivity index (χ1v) is 7.29. The van der Waals surface area contributed by atoms with Crippen LogP contribution in [0.4, 0.5) is 0 Å². The Kier molecular flexibility index (Phi) is 4.02. The lowest BCUT2D eigenvalue weighted by Crippen LogP contribution is -2.44. The van der Waals surface area contributed by atoms with Crippen molar-refractivity contribution in [2.45, 2.75) is 39.3 Å². The van der Waals surface area contributed by atoms with Gasteiger partial charge in [0, 0.05) is 11.9 Å². The quantitative estimate of drug-likeness (QED) is 0.909. The molecule has 1 saturated heterocycles. The summed E-state index contributed by atoms with van der Waals surface area (Å²) in [7, 11) is 1.87. The lowest BCUT2D eigenvalue weighted by atomic mass is 9.83. The Balaban J connectivity index is 2.12. The first-order chi connectivity index (χ1) is 8.52. The average Bonchev–Trinajstić information content (AvgIpc) is 2.79. The van der Waals surface area contributed by atoms with Crippen LogP contribution >= 0.6 is 11.3 Å². The molecule has 4 nitrogen and oxygen atoms in total. The van der Waals surface area contributed by atoms with Crippen LogP contribution in [0.25, 0.3) is 0 Å². The van der Waals surface area contributed by atoms with Crippen LogP contribution in [0, 0.1) is 5.41 Å². The minimum absolute atomic E-state index is 0.0684. The summed E-state index contributed by atoms with van der Waals surface area (Å²) >= 11 is 1.58. The highest BCUT2D eigenvalue weighted by molar-refractivity contribution is 7.07. The number of likely N-dealkylation sites (tertiary alicyclic amines) is 1. The van der Waals surface area contributed by atoms with Gasteiger partial charge >= 0.3 is 0 Å². The first-order valence-electron chi connectivity index (χ1n) is 6.35. The second-order valence-corrected chi connectivity index (χ2v) is 6.42. The smallest absolute Gasteiger partial charge is 0.240 e. The summed E-state index contributed by atoms with van der Waals surface area (Å²) in [6.45, 7) is 5.92. The normalized spacial score (nSPS) is 24.1. The van der Waals surface area contributed by atoms with Crippen molar-refractivity contribution in [2.24, 2.45) is 5.41 Å². The van der Waals surface area contributed by atoms with Crippen LogP contribution in [0.1, 0.15) is 32.4 Å². The molecule has 1 N–H and O–H groups in total. The van der Waals surface area contributed by atoms with Crippen molar-refractivity contribution >= 4 is 17.2 Å². The number of carbonyl (C=O) groups excluding carboxylic acids is 1. The van der Waals surface area contributed by atoms with Crippen LogP contribution in [0.3, 0.4) is 0 Å². The van der Waals surface area contributed by atoms with Gasteiger partial charge in [-0.2, -0.15) is 0 Å². The first kappa shape index (κ1) is 13.5. The number of likely N-dealkylation sites (N-methyl/N-ethyl adjacent to an activating group) is 1. The summed E-state index contributed by atoms with van der Waals surface area (Å²) < 4.78 is 0. The summed E-state index contributed by atoms with van der Waals surface area (Å²) in [5.74, 6) is 0.205. The summed E-state index contributed by atoms with van der Waals surface area (Å²) in [5, 5.41) is 5.16. The highest BCUT2D eigenvalue weighted by Gasteiger charge is 2.34. The molecule has 0 bridgehead atoms. The molecule has 1 aromatic heterocycles. The Hall–Kier alpha value is -0.940. The molecular formula is C13H21N3OS. The van der Waals surface area contributed by atoms with Gasteiger partial charge in [0.25, 0.3) is 0 Å². The van der Waals surface area contributed by atoms with Crippen molar-refractivity contribution in [2.75, 3.05) is 13.6 Å². The van der Waals surface area contributed by atoms with Gasteiger partial charge in [0.15, 0.2) is 0 Å². The maximum absolute atomic E-state index is 12.4. The zero-order chi connectivity index (χ0) is 13.2. The lowest BCUT2D eigenvalue weighted by Gasteiger charge is -2.24. The minimum atomic E-state index is -0.0684. The van der Waals surface area contributed by atoms with E-state index in [-0.39, 0.29) is 17.4 Å². The Labute approximate surface area is 112 Å². The molecule has 0 saturated carbocycles. The second kappa shape index (κ2) is 5.36. The Bertz CT molecular complexity index is 402. The fraction of sp³-hybridized carbons (Fsp3) is 0.692. The molecule has 0 radical (unpaired) electrons. The van der Waals surface area contributed by atoms with Gasteiger partial charge in [0.2, 0.25) is 5.91 Å². The van der Waals surface area contributed by atoms with Gasteiger partial charge in [0.05, 0.1) is 23.8 Å². The van der Waals surface area contributed by atoms with E-state index in [1.54, 1.807) is 11.3 Å². The topological polar surface area (TPSA) is 45.2 Å². The van der Waals surface area contributed by atoms with Crippen LogP contribution in [0.5, 0.6) is 0 Å². The Morgan fingerprint density at radius 2 is 2.39 bits per heavy atom. The van der Waals surface area contributed by atoms with Crippen molar-refractivity contribution < 1.29 is 4.79 Å². The molecule has 0 spiro atoms. The molecule has 1 aromatic rings. The molecule has 100 valence electrons. The molecule has 2 rings (SSSR count). The Morgan fingerprint density at radius 1 is 1.61 bits per heavy atom. The molecule has 18 heavy (non-hydrogen) atoms. The fourth-order valence-corrected chi connectivity index (χ4v) is 2.95. The largest absolute Gasteiger partial charge is 0.335 e. The molecular weight excluding hydrogens is 246 g/mol. The molecule has 1 aliphatic rings. The second-order valence-electron chi connectivity index (χ2n) is 5.70. The van der Waals surface area contributed by atoms with Crippen molar-refractivity contribution in [3.63, 3.8) is 0 Å². The van der Waals surface area contributed by atoms with Gasteiger partial charge in [0.1, 0.15) is 0 Å². The van der Waals surface area contributed by atoms with Crippen molar-refractivity contribution in [3.8, 4) is 0 Å². The predicted octanol–water partition coefficient (Wildman–Crippen LogP) is 1.88. The highest BCUT2D eigenvalue weighted by atomic mass is 32.1. The maximum Gasteiger partial charge on any atom is 0.240 e. The van der Waals surface area contributed by atoms with Crippen LogP contribution in [0.15, 0.2) is 10.9 Å². The van der Waals surface area contributed by atoms with E-state index < -0.39 is 0 Å². The number of carbonyl (C=O) groups is 1. The summed E-state index contributed by atoms with van der Waals surface area (Å²) in [4.78, 5) is 18.6. The number of hydrogen-bond acceptors (Lipinski definition) is 4. The number of aromatic nitrogens is 1. The monoisotopic (exact) mass is 267 g/mol. The van der Waals surface area contributed by atoms with Crippen molar-refractivity contribution in [1.82, 2.24) is 15.2 Å². The minimum Gasteiger partial charge on any atom is -0.335 e. The maximum atomic E-state index is 12.4. The summed E-state index contributed by atoms with van der Waals surface area (Å²) in [6, 6.07) is -0.0684. The van der Waals surface area contributed by atoms with Gasteiger partial charge in [-0.3, -0.25) is 4.79 Å². The molecule has 1 atom stereocenters. The van der Waals surface area contributed by atoms with Gasteiger partial charge in [-0.05, 0) is 25.3 Å². The Morgan fingerprint density at radius 3 is 3.00 bits per heavy atom. The van der Waals surface area contributed by atoms with Crippen LogP contribution in [-0.4, -0.2) is 35.4 Å². The molecule has 1 aliphatic heterocycles. The number of nitrogens with one attached hydrogen (secondary N) is 1. The van der Waals surface area contributed by atoms with E-state index >= 15 is 0 Å². The third-order valence-electron chi connectivity index (χ3n) is 3.61. The molecule has 5 heteroatoms. The highest BCUT2D eigenvalue weighted by Crippen LogP contribution is 2.31. The van der Waals surface area contributed by atoms with Crippen LogP contribution in [-0.2, 0) is 11.3 Å². The van der Waals surface area contributed by atoms with Gasteiger partial charge < -0.3 is 10.2 Å². The van der Waals surface area contributed by atoms with E-state index in [1.807, 2.05) is 22.8 Å². The molecule has 0 aromatic carbocycles. The van der Waals surface area contributed by atoms with E-state index in [0.29, 0.717) is 6.54 Å². The van der Waals surface area contributed by atoms with E-state index in [9.17, 15) is 4.79 Å². The van der Waals surface area contributed by atoms with E-state index in [0.717, 1.165) is 25.1 Å². The third kappa shape index (κ3) is 3.09. The molecule has 0 aliphatic carbocycles. The predicted molar refractivity (Wildman–Crippen MR) is 73.4 cm³/mol. The van der Waals surface area contributed by atoms with Crippen LogP contribution in [0.2, 0.25) is 0 Å². The van der Waals surface area contributed by atoms with Gasteiger partial charge in [-0.1, -0.05) is 13.8 Å². The van der Waals surface area contributed by atoms with E-state index in [4.69, 9.17) is 0 Å². The van der Waals surface area contributed by atoms with E-state index in [2.05, 4.69) is 24.1 Å². The van der Waals surface area contributed by atoms with Crippen molar-refractivity contribution in [1.29, 1.82) is 0 Å². The standard InChI is InChI=1S/C13H21N3OS/c1-13(2)4-5-16(7-10-8-18-9-15-10)12(17)11(6-13)14-3/h8-9,11,14H,4-7H2,1-3H3. The zero-order valence-electron chi connectivity index (χ0n) is 11.3. The summed E-state index contributed by atoms with van der Waals surface area (Å²) in [5.41, 5.74) is 3.01. The zero-order valence-corrected chi connectivity index (χ0v) is 12.1. The van der Waals surface area contributed by atoms with Crippen LogP contribution < -0.4 is 5.32 Å². The number of hydrogen-bond donors (Lipinski definition) is 1. The average molecular weight is 267 g/mol. The van der Waals surface area contributed by atoms with Gasteiger partial charge in [-0.25, -0.2) is 4.98 Å². The van der Waals surface area contributed by atoms with Gasteiger partial charge in [-0.15, -0.1) is 11.3 Å². The lowest BCUT2D eigenvalue weighted by molar-refractivity contribution is -0.133. The molecule has 2 heterocycles. The fourth-order valence-electron chi connectivity index (χ4n) is 2.40. The SMILES string of the molecule is CNC1CC(C)(C)CCN(Cc2cscn2)C1=O. The number of thiazole rings is 1. The molecule has 1 unspecified atom stereocenters. The summed E-state index contributed by atoms with van der Waals surface area (Å²) in [6.07, 6.45) is 1.94. The number of rotatable bonds is 3. The van der Waals surface area contributed by atoms with E-state index in [1.165, 1.54) is 0 Å².